The summed E-state index contributed by atoms with van der Waals surface area (Å²) in [5.41, 5.74) is 2.59. The van der Waals surface area contributed by atoms with Crippen LogP contribution >= 0.6 is 0 Å². The van der Waals surface area contributed by atoms with Crippen LogP contribution in [0.1, 0.15) is 24.2 Å². The standard InChI is InChI=1S/C18H21NO/c1-14-18(16-11-7-4-8-12-16)20-17(19(14)2)13-15-9-5-3-6-10-15/h3-12,14,17-18H,13H2,1-2H3/t14-,17-,18-/m0/s1. The van der Waals surface area contributed by atoms with Crippen LogP contribution < -0.4 is 0 Å². The van der Waals surface area contributed by atoms with E-state index in [1.807, 2.05) is 6.07 Å². The fourth-order valence-corrected chi connectivity index (χ4v) is 2.86. The van der Waals surface area contributed by atoms with Gasteiger partial charge in [-0.1, -0.05) is 60.7 Å². The molecule has 1 heterocycles. The van der Waals surface area contributed by atoms with Gasteiger partial charge in [-0.25, -0.2) is 0 Å². The summed E-state index contributed by atoms with van der Waals surface area (Å²) in [7, 11) is 2.15. The molecule has 0 unspecified atom stereocenters. The van der Waals surface area contributed by atoms with Gasteiger partial charge in [0.15, 0.2) is 0 Å². The first-order valence-corrected chi connectivity index (χ1v) is 7.22. The zero-order chi connectivity index (χ0) is 13.9. The van der Waals surface area contributed by atoms with Gasteiger partial charge in [0.1, 0.15) is 6.23 Å². The number of nitrogens with zero attached hydrogens (tertiary/aromatic N) is 1. The van der Waals surface area contributed by atoms with Gasteiger partial charge in [0.25, 0.3) is 0 Å². The van der Waals surface area contributed by atoms with Crippen LogP contribution in [0.2, 0.25) is 0 Å². The van der Waals surface area contributed by atoms with Crippen LogP contribution in [-0.4, -0.2) is 24.2 Å². The second-order valence-electron chi connectivity index (χ2n) is 5.52. The van der Waals surface area contributed by atoms with E-state index < -0.39 is 0 Å². The Morgan fingerprint density at radius 1 is 0.950 bits per heavy atom. The minimum atomic E-state index is 0.151. The average Bonchev–Trinajstić information content (AvgIpc) is 2.78. The molecule has 20 heavy (non-hydrogen) atoms. The topological polar surface area (TPSA) is 12.5 Å². The number of likely N-dealkylation sites (N-methyl/N-ethyl adjacent to an activating group) is 1. The van der Waals surface area contributed by atoms with Crippen LogP contribution in [0, 0.1) is 0 Å². The third kappa shape index (κ3) is 2.62. The highest BCUT2D eigenvalue weighted by molar-refractivity contribution is 5.21. The van der Waals surface area contributed by atoms with Gasteiger partial charge in [0.05, 0.1) is 6.10 Å². The maximum absolute atomic E-state index is 6.30. The maximum Gasteiger partial charge on any atom is 0.115 e. The van der Waals surface area contributed by atoms with Gasteiger partial charge >= 0.3 is 0 Å². The van der Waals surface area contributed by atoms with Crippen LogP contribution in [0.25, 0.3) is 0 Å². The lowest BCUT2D eigenvalue weighted by molar-refractivity contribution is 0.00788. The Kier molecular flexibility index (Phi) is 3.86. The molecule has 0 radical (unpaired) electrons. The molecular formula is C18H21NO. The van der Waals surface area contributed by atoms with E-state index in [0.717, 1.165) is 6.42 Å². The SMILES string of the molecule is C[C@H]1[C@@H](c2ccccc2)O[C@@H](Cc2ccccc2)N1C. The molecule has 0 spiro atoms. The Morgan fingerprint density at radius 2 is 1.55 bits per heavy atom. The molecule has 0 amide bonds. The first-order chi connectivity index (χ1) is 9.75. The minimum absolute atomic E-state index is 0.151. The average molecular weight is 267 g/mol. The summed E-state index contributed by atoms with van der Waals surface area (Å²) >= 11 is 0. The molecule has 2 aromatic rings. The zero-order valence-corrected chi connectivity index (χ0v) is 12.1. The van der Waals surface area contributed by atoms with Crippen LogP contribution in [-0.2, 0) is 11.2 Å². The number of hydrogen-bond donors (Lipinski definition) is 0. The molecule has 3 rings (SSSR count). The molecule has 1 saturated heterocycles. The van der Waals surface area contributed by atoms with Gasteiger partial charge in [-0.15, -0.1) is 0 Å². The van der Waals surface area contributed by atoms with Crippen LogP contribution in [0.5, 0.6) is 0 Å². The van der Waals surface area contributed by atoms with E-state index >= 15 is 0 Å². The molecule has 1 aliphatic rings. The molecule has 104 valence electrons. The molecule has 0 saturated carbocycles. The van der Waals surface area contributed by atoms with E-state index in [-0.39, 0.29) is 12.3 Å². The fraction of sp³-hybridized carbons (Fsp3) is 0.333. The molecular weight excluding hydrogens is 246 g/mol. The van der Waals surface area contributed by atoms with E-state index in [9.17, 15) is 0 Å². The van der Waals surface area contributed by atoms with Gasteiger partial charge in [0, 0.05) is 12.5 Å². The fourth-order valence-electron chi connectivity index (χ4n) is 2.86. The highest BCUT2D eigenvalue weighted by Crippen LogP contribution is 2.34. The van der Waals surface area contributed by atoms with E-state index in [4.69, 9.17) is 4.74 Å². The van der Waals surface area contributed by atoms with Crippen molar-refractivity contribution >= 4 is 0 Å². The molecule has 2 aromatic carbocycles. The predicted octanol–water partition coefficient (Wildman–Crippen LogP) is 3.65. The van der Waals surface area contributed by atoms with Crippen molar-refractivity contribution in [2.45, 2.75) is 31.7 Å². The van der Waals surface area contributed by atoms with Crippen LogP contribution in [0.4, 0.5) is 0 Å². The summed E-state index contributed by atoms with van der Waals surface area (Å²) < 4.78 is 6.30. The van der Waals surface area contributed by atoms with Crippen molar-refractivity contribution in [3.8, 4) is 0 Å². The molecule has 0 N–H and O–H groups in total. The second kappa shape index (κ2) is 5.78. The van der Waals surface area contributed by atoms with Crippen molar-refractivity contribution in [3.05, 3.63) is 71.8 Å². The normalized spacial score (nSPS) is 26.8. The summed E-state index contributed by atoms with van der Waals surface area (Å²) in [6.07, 6.45) is 1.25. The van der Waals surface area contributed by atoms with Gasteiger partial charge in [0.2, 0.25) is 0 Å². The summed E-state index contributed by atoms with van der Waals surface area (Å²) in [5.74, 6) is 0. The quantitative estimate of drug-likeness (QED) is 0.841. The summed E-state index contributed by atoms with van der Waals surface area (Å²) in [6.45, 7) is 2.24. The summed E-state index contributed by atoms with van der Waals surface area (Å²) in [6, 6.07) is 21.5. The van der Waals surface area contributed by atoms with Gasteiger partial charge in [-0.05, 0) is 25.1 Å². The second-order valence-corrected chi connectivity index (χ2v) is 5.52. The minimum Gasteiger partial charge on any atom is -0.353 e. The van der Waals surface area contributed by atoms with Crippen molar-refractivity contribution in [1.29, 1.82) is 0 Å². The lowest BCUT2D eigenvalue weighted by Crippen LogP contribution is -2.33. The Labute approximate surface area is 121 Å². The van der Waals surface area contributed by atoms with Gasteiger partial charge in [-0.3, -0.25) is 4.90 Å². The summed E-state index contributed by atoms with van der Waals surface area (Å²) in [4.78, 5) is 2.34. The van der Waals surface area contributed by atoms with E-state index in [1.165, 1.54) is 11.1 Å². The smallest absolute Gasteiger partial charge is 0.115 e. The lowest BCUT2D eigenvalue weighted by atomic mass is 10.0. The van der Waals surface area contributed by atoms with E-state index in [1.54, 1.807) is 0 Å². The van der Waals surface area contributed by atoms with Crippen LogP contribution in [0.3, 0.4) is 0 Å². The first kappa shape index (κ1) is 13.3. The van der Waals surface area contributed by atoms with E-state index in [2.05, 4.69) is 73.5 Å². The maximum atomic E-state index is 6.30. The Morgan fingerprint density at radius 3 is 2.20 bits per heavy atom. The summed E-state index contributed by atoms with van der Waals surface area (Å²) in [5, 5.41) is 0. The number of hydrogen-bond acceptors (Lipinski definition) is 2. The predicted molar refractivity (Wildman–Crippen MR) is 81.4 cm³/mol. The Bertz CT molecular complexity index is 540. The molecule has 1 fully saturated rings. The molecule has 0 bridgehead atoms. The monoisotopic (exact) mass is 267 g/mol. The number of benzene rings is 2. The molecule has 1 aliphatic heterocycles. The van der Waals surface area contributed by atoms with Crippen molar-refractivity contribution in [3.63, 3.8) is 0 Å². The Balaban J connectivity index is 1.75. The highest BCUT2D eigenvalue weighted by Gasteiger charge is 2.37. The zero-order valence-electron chi connectivity index (χ0n) is 12.1. The number of rotatable bonds is 3. The van der Waals surface area contributed by atoms with Crippen LogP contribution in [0.15, 0.2) is 60.7 Å². The van der Waals surface area contributed by atoms with Crippen molar-refractivity contribution in [2.75, 3.05) is 7.05 Å². The largest absolute Gasteiger partial charge is 0.353 e. The van der Waals surface area contributed by atoms with E-state index in [0.29, 0.717) is 6.04 Å². The molecule has 3 atom stereocenters. The number of ether oxygens (including phenoxy) is 1. The van der Waals surface area contributed by atoms with Crippen molar-refractivity contribution in [2.24, 2.45) is 0 Å². The molecule has 2 heteroatoms. The van der Waals surface area contributed by atoms with Crippen molar-refractivity contribution < 1.29 is 4.74 Å². The molecule has 0 aliphatic carbocycles. The third-order valence-electron chi connectivity index (χ3n) is 4.22. The molecule has 0 aromatic heterocycles. The molecule has 2 nitrogen and oxygen atoms in total. The lowest BCUT2D eigenvalue weighted by Gasteiger charge is -2.21. The first-order valence-electron chi connectivity index (χ1n) is 7.22. The van der Waals surface area contributed by atoms with Gasteiger partial charge < -0.3 is 4.74 Å². The van der Waals surface area contributed by atoms with Crippen molar-refractivity contribution in [1.82, 2.24) is 4.90 Å². The van der Waals surface area contributed by atoms with Gasteiger partial charge in [-0.2, -0.15) is 0 Å². The third-order valence-corrected chi connectivity index (χ3v) is 4.22. The Hall–Kier alpha value is -1.64. The highest BCUT2D eigenvalue weighted by atomic mass is 16.5.